The van der Waals surface area contributed by atoms with Crippen molar-refractivity contribution < 1.29 is 0 Å². The Morgan fingerprint density at radius 1 is 1.38 bits per heavy atom. The van der Waals surface area contributed by atoms with Crippen molar-refractivity contribution in [3.63, 3.8) is 0 Å². The first kappa shape index (κ1) is 10.7. The zero-order chi connectivity index (χ0) is 10.8. The molecule has 4 nitrogen and oxygen atoms in total. The second kappa shape index (κ2) is 4.79. The van der Waals surface area contributed by atoms with Crippen molar-refractivity contribution in [2.24, 2.45) is 0 Å². The molecule has 2 aliphatic rings. The van der Waals surface area contributed by atoms with Crippen molar-refractivity contribution in [1.29, 1.82) is 0 Å². The Hall–Kier alpha value is -0.490. The minimum atomic E-state index is 0.794. The van der Waals surface area contributed by atoms with E-state index in [1.54, 1.807) is 11.3 Å². The number of nitrogens with zero attached hydrogens (tertiary/aromatic N) is 3. The van der Waals surface area contributed by atoms with E-state index in [1.165, 1.54) is 31.2 Å². The Morgan fingerprint density at radius 3 is 2.88 bits per heavy atom. The molecule has 16 heavy (non-hydrogen) atoms. The molecule has 0 atom stereocenters. The van der Waals surface area contributed by atoms with Gasteiger partial charge in [-0.3, -0.25) is 9.80 Å². The van der Waals surface area contributed by atoms with Gasteiger partial charge in [-0.1, -0.05) is 0 Å². The van der Waals surface area contributed by atoms with Gasteiger partial charge in [-0.2, -0.15) is 0 Å². The third kappa shape index (κ3) is 2.27. The van der Waals surface area contributed by atoms with Crippen LogP contribution in [-0.4, -0.2) is 60.1 Å². The largest absolute Gasteiger partial charge is 0.314 e. The molecule has 2 fully saturated rings. The van der Waals surface area contributed by atoms with Crippen molar-refractivity contribution in [3.8, 4) is 0 Å². The fourth-order valence-corrected chi connectivity index (χ4v) is 3.13. The van der Waals surface area contributed by atoms with Crippen molar-refractivity contribution in [2.75, 3.05) is 39.3 Å². The van der Waals surface area contributed by atoms with Crippen LogP contribution in [0, 0.1) is 0 Å². The summed E-state index contributed by atoms with van der Waals surface area (Å²) in [6.45, 7) is 8.23. The minimum absolute atomic E-state index is 0.794. The molecule has 0 aromatic carbocycles. The Morgan fingerprint density at radius 2 is 2.19 bits per heavy atom. The summed E-state index contributed by atoms with van der Waals surface area (Å²) in [4.78, 5) is 9.44. The molecule has 3 rings (SSSR count). The minimum Gasteiger partial charge on any atom is -0.314 e. The van der Waals surface area contributed by atoms with Crippen molar-refractivity contribution >= 4 is 11.3 Å². The van der Waals surface area contributed by atoms with Gasteiger partial charge < -0.3 is 5.32 Å². The van der Waals surface area contributed by atoms with E-state index in [0.29, 0.717) is 0 Å². The normalized spacial score (nSPS) is 24.5. The SMILES string of the molecule is c1csc(CN2CC(N3CCNCC3)C2)n1. The van der Waals surface area contributed by atoms with E-state index in [0.717, 1.165) is 25.7 Å². The highest BCUT2D eigenvalue weighted by Gasteiger charge is 2.32. The Bertz CT molecular complexity index is 315. The van der Waals surface area contributed by atoms with Crippen molar-refractivity contribution in [2.45, 2.75) is 12.6 Å². The van der Waals surface area contributed by atoms with E-state index in [4.69, 9.17) is 0 Å². The highest BCUT2D eigenvalue weighted by Crippen LogP contribution is 2.19. The first-order valence-corrected chi connectivity index (χ1v) is 6.85. The standard InChI is InChI=1S/C11H18N4S/c1-4-15(5-2-12-1)10-7-14(8-10)9-11-13-3-6-16-11/h3,6,10,12H,1-2,4-5,7-9H2. The number of hydrogen-bond acceptors (Lipinski definition) is 5. The molecule has 3 heterocycles. The molecular formula is C11H18N4S. The van der Waals surface area contributed by atoms with Gasteiger partial charge in [0, 0.05) is 56.9 Å². The molecule has 0 bridgehead atoms. The highest BCUT2D eigenvalue weighted by molar-refractivity contribution is 7.09. The van der Waals surface area contributed by atoms with Crippen LogP contribution in [0.4, 0.5) is 0 Å². The van der Waals surface area contributed by atoms with Crippen LogP contribution < -0.4 is 5.32 Å². The van der Waals surface area contributed by atoms with Gasteiger partial charge in [0.2, 0.25) is 0 Å². The second-order valence-electron chi connectivity index (χ2n) is 4.56. The van der Waals surface area contributed by atoms with Gasteiger partial charge >= 0.3 is 0 Å². The van der Waals surface area contributed by atoms with Crippen LogP contribution in [0.5, 0.6) is 0 Å². The van der Waals surface area contributed by atoms with E-state index in [1.807, 2.05) is 6.20 Å². The van der Waals surface area contributed by atoms with E-state index in [2.05, 4.69) is 25.5 Å². The summed E-state index contributed by atoms with van der Waals surface area (Å²) in [5.74, 6) is 0. The molecule has 0 amide bonds. The van der Waals surface area contributed by atoms with Gasteiger partial charge in [0.15, 0.2) is 0 Å². The Kier molecular flexibility index (Phi) is 3.19. The van der Waals surface area contributed by atoms with Crippen LogP contribution in [0.15, 0.2) is 11.6 Å². The quantitative estimate of drug-likeness (QED) is 0.817. The monoisotopic (exact) mass is 238 g/mol. The molecule has 2 saturated heterocycles. The van der Waals surface area contributed by atoms with Gasteiger partial charge in [0.1, 0.15) is 5.01 Å². The van der Waals surface area contributed by atoms with E-state index >= 15 is 0 Å². The zero-order valence-corrected chi connectivity index (χ0v) is 10.2. The average Bonchev–Trinajstić information content (AvgIpc) is 2.77. The molecule has 1 N–H and O–H groups in total. The summed E-state index contributed by atoms with van der Waals surface area (Å²) in [6.07, 6.45) is 1.90. The summed E-state index contributed by atoms with van der Waals surface area (Å²) in [5, 5.41) is 6.71. The number of hydrogen-bond donors (Lipinski definition) is 1. The number of piperazine rings is 1. The third-order valence-corrected chi connectivity index (χ3v) is 4.21. The predicted molar refractivity (Wildman–Crippen MR) is 65.6 cm³/mol. The summed E-state index contributed by atoms with van der Waals surface area (Å²) >= 11 is 1.76. The predicted octanol–water partition coefficient (Wildman–Crippen LogP) is 0.232. The summed E-state index contributed by atoms with van der Waals surface area (Å²) < 4.78 is 0. The van der Waals surface area contributed by atoms with Gasteiger partial charge in [0.25, 0.3) is 0 Å². The first-order chi connectivity index (χ1) is 7.92. The van der Waals surface area contributed by atoms with E-state index in [9.17, 15) is 0 Å². The topological polar surface area (TPSA) is 31.4 Å². The Labute approximate surface area is 100 Å². The van der Waals surface area contributed by atoms with Crippen molar-refractivity contribution in [3.05, 3.63) is 16.6 Å². The third-order valence-electron chi connectivity index (χ3n) is 3.45. The molecule has 0 radical (unpaired) electrons. The van der Waals surface area contributed by atoms with Crippen LogP contribution in [0.2, 0.25) is 0 Å². The molecule has 0 aliphatic carbocycles. The van der Waals surface area contributed by atoms with Gasteiger partial charge in [0.05, 0.1) is 6.54 Å². The van der Waals surface area contributed by atoms with Crippen LogP contribution in [0.25, 0.3) is 0 Å². The van der Waals surface area contributed by atoms with Crippen LogP contribution in [0.1, 0.15) is 5.01 Å². The molecular weight excluding hydrogens is 220 g/mol. The second-order valence-corrected chi connectivity index (χ2v) is 5.54. The molecule has 1 aromatic rings. The lowest BCUT2D eigenvalue weighted by Gasteiger charge is -2.46. The number of thiazole rings is 1. The maximum Gasteiger partial charge on any atom is 0.107 e. The summed E-state index contributed by atoms with van der Waals surface area (Å²) in [5.41, 5.74) is 0. The molecule has 1 aromatic heterocycles. The zero-order valence-electron chi connectivity index (χ0n) is 9.43. The van der Waals surface area contributed by atoms with Crippen LogP contribution >= 0.6 is 11.3 Å². The average molecular weight is 238 g/mol. The lowest BCUT2D eigenvalue weighted by Crippen LogP contribution is -2.62. The van der Waals surface area contributed by atoms with Crippen LogP contribution in [0.3, 0.4) is 0 Å². The molecule has 5 heteroatoms. The molecule has 88 valence electrons. The number of nitrogens with one attached hydrogen (secondary N) is 1. The molecule has 2 aliphatic heterocycles. The summed E-state index contributed by atoms with van der Waals surface area (Å²) in [6, 6.07) is 0.794. The van der Waals surface area contributed by atoms with Crippen molar-refractivity contribution in [1.82, 2.24) is 20.1 Å². The number of likely N-dealkylation sites (tertiary alicyclic amines) is 1. The Balaban J connectivity index is 1.44. The van der Waals surface area contributed by atoms with E-state index in [-0.39, 0.29) is 0 Å². The van der Waals surface area contributed by atoms with Gasteiger partial charge in [-0.05, 0) is 0 Å². The molecule has 0 spiro atoms. The summed E-state index contributed by atoms with van der Waals surface area (Å²) in [7, 11) is 0. The molecule has 0 unspecified atom stereocenters. The number of rotatable bonds is 3. The number of aromatic nitrogens is 1. The van der Waals surface area contributed by atoms with Gasteiger partial charge in [-0.15, -0.1) is 11.3 Å². The lowest BCUT2D eigenvalue weighted by atomic mass is 10.1. The maximum absolute atomic E-state index is 4.33. The first-order valence-electron chi connectivity index (χ1n) is 5.97. The maximum atomic E-state index is 4.33. The fraction of sp³-hybridized carbons (Fsp3) is 0.727. The van der Waals surface area contributed by atoms with E-state index < -0.39 is 0 Å². The van der Waals surface area contributed by atoms with Gasteiger partial charge in [-0.25, -0.2) is 4.98 Å². The highest BCUT2D eigenvalue weighted by atomic mass is 32.1. The van der Waals surface area contributed by atoms with Crippen LogP contribution in [-0.2, 0) is 6.54 Å². The lowest BCUT2D eigenvalue weighted by molar-refractivity contribution is 0.0223. The fourth-order valence-electron chi connectivity index (χ4n) is 2.47. The smallest absolute Gasteiger partial charge is 0.107 e. The molecule has 0 saturated carbocycles.